The van der Waals surface area contributed by atoms with E-state index in [4.69, 9.17) is 9.84 Å². The largest absolute Gasteiger partial charge is 0.489 e. The molecule has 0 saturated heterocycles. The molecule has 3 heteroatoms. The third-order valence-electron chi connectivity index (χ3n) is 2.74. The van der Waals surface area contributed by atoms with E-state index in [1.165, 1.54) is 0 Å². The van der Waals surface area contributed by atoms with Crippen molar-refractivity contribution in [2.24, 2.45) is 0 Å². The van der Waals surface area contributed by atoms with E-state index in [-0.39, 0.29) is 12.6 Å². The Bertz CT molecular complexity index is 373. The lowest BCUT2D eigenvalue weighted by molar-refractivity contribution is 0.237. The van der Waals surface area contributed by atoms with Crippen LogP contribution in [0.25, 0.3) is 0 Å². The minimum Gasteiger partial charge on any atom is -0.489 e. The Balaban J connectivity index is 2.61. The normalized spacial score (nSPS) is 12.2. The monoisotopic (exact) mass is 249 g/mol. The quantitative estimate of drug-likeness (QED) is 0.696. The number of benzene rings is 1. The molecule has 0 fully saturated rings. The summed E-state index contributed by atoms with van der Waals surface area (Å²) in [5, 5.41) is 12.5. The zero-order chi connectivity index (χ0) is 13.4. The molecule has 0 saturated carbocycles. The van der Waals surface area contributed by atoms with Crippen molar-refractivity contribution in [2.75, 3.05) is 13.2 Å². The van der Waals surface area contributed by atoms with E-state index < -0.39 is 0 Å². The summed E-state index contributed by atoms with van der Waals surface area (Å²) in [7, 11) is 0. The maximum atomic E-state index is 9.14. The molecule has 0 amide bonds. The summed E-state index contributed by atoms with van der Waals surface area (Å²) >= 11 is 0. The second-order valence-electron chi connectivity index (χ2n) is 4.52. The van der Waals surface area contributed by atoms with Crippen LogP contribution in [0, 0.1) is 0 Å². The second kappa shape index (κ2) is 7.90. The van der Waals surface area contributed by atoms with Gasteiger partial charge in [-0.25, -0.2) is 0 Å². The third kappa shape index (κ3) is 4.90. The summed E-state index contributed by atoms with van der Waals surface area (Å²) in [6, 6.07) is 8.08. The van der Waals surface area contributed by atoms with E-state index >= 15 is 0 Å². The number of hydrogen-bond donors (Lipinski definition) is 2. The molecule has 0 spiro atoms. The van der Waals surface area contributed by atoms with Crippen LogP contribution < -0.4 is 10.1 Å². The summed E-state index contributed by atoms with van der Waals surface area (Å²) in [5.74, 6) is 0.876. The van der Waals surface area contributed by atoms with Crippen molar-refractivity contribution in [2.45, 2.75) is 32.9 Å². The van der Waals surface area contributed by atoms with Crippen molar-refractivity contribution in [3.05, 3.63) is 42.0 Å². The first-order valence-electron chi connectivity index (χ1n) is 6.36. The molecule has 0 aliphatic heterocycles. The lowest BCUT2D eigenvalue weighted by Crippen LogP contribution is -2.31. The Morgan fingerprint density at radius 1 is 1.44 bits per heavy atom. The van der Waals surface area contributed by atoms with E-state index in [1.807, 2.05) is 31.2 Å². The minimum absolute atomic E-state index is 0.138. The van der Waals surface area contributed by atoms with E-state index in [9.17, 15) is 0 Å². The van der Waals surface area contributed by atoms with Gasteiger partial charge in [0.05, 0.1) is 6.61 Å². The molecule has 0 heterocycles. The molecule has 0 aliphatic carbocycles. The highest BCUT2D eigenvalue weighted by Gasteiger charge is 2.07. The zero-order valence-corrected chi connectivity index (χ0v) is 11.3. The number of ether oxygens (including phenoxy) is 1. The van der Waals surface area contributed by atoms with Crippen LogP contribution in [-0.4, -0.2) is 24.4 Å². The van der Waals surface area contributed by atoms with Crippen molar-refractivity contribution in [1.82, 2.24) is 5.32 Å². The molecular formula is C15H23NO2. The summed E-state index contributed by atoms with van der Waals surface area (Å²) < 4.78 is 5.70. The van der Waals surface area contributed by atoms with Gasteiger partial charge in [-0.2, -0.15) is 0 Å². The van der Waals surface area contributed by atoms with E-state index in [1.54, 1.807) is 0 Å². The maximum absolute atomic E-state index is 9.14. The summed E-state index contributed by atoms with van der Waals surface area (Å²) in [4.78, 5) is 0. The van der Waals surface area contributed by atoms with E-state index in [0.717, 1.165) is 23.3 Å². The zero-order valence-electron chi connectivity index (χ0n) is 11.3. The fourth-order valence-corrected chi connectivity index (χ4v) is 1.58. The van der Waals surface area contributed by atoms with Gasteiger partial charge in [-0.1, -0.05) is 31.7 Å². The molecule has 2 N–H and O–H groups in total. The molecule has 1 aromatic rings. The molecule has 0 radical (unpaired) electrons. The lowest BCUT2D eigenvalue weighted by Gasteiger charge is -2.16. The average molecular weight is 249 g/mol. The first-order valence-corrected chi connectivity index (χ1v) is 6.36. The predicted molar refractivity (Wildman–Crippen MR) is 74.8 cm³/mol. The van der Waals surface area contributed by atoms with Gasteiger partial charge in [0.25, 0.3) is 0 Å². The summed E-state index contributed by atoms with van der Waals surface area (Å²) in [5.41, 5.74) is 2.10. The Hall–Kier alpha value is -1.32. The van der Waals surface area contributed by atoms with Crippen LogP contribution in [-0.2, 0) is 6.54 Å². The molecule has 0 bridgehead atoms. The fraction of sp³-hybridized carbons (Fsp3) is 0.467. The van der Waals surface area contributed by atoms with Gasteiger partial charge >= 0.3 is 0 Å². The number of aliphatic hydroxyl groups is 1. The summed E-state index contributed by atoms with van der Waals surface area (Å²) in [6.07, 6.45) is 0.908. The minimum atomic E-state index is 0.138. The van der Waals surface area contributed by atoms with Crippen LogP contribution in [0.15, 0.2) is 36.4 Å². The number of rotatable bonds is 8. The standard InChI is InChI=1S/C15H23NO2/c1-4-14(10-17)16-9-13-7-5-6-8-15(13)18-11-12(2)3/h5-8,14,16-17H,2,4,9-11H2,1,3H3. The fourth-order valence-electron chi connectivity index (χ4n) is 1.58. The van der Waals surface area contributed by atoms with Gasteiger partial charge in [-0.3, -0.25) is 0 Å². The van der Waals surface area contributed by atoms with Gasteiger partial charge in [0, 0.05) is 18.2 Å². The number of nitrogens with one attached hydrogen (secondary N) is 1. The van der Waals surface area contributed by atoms with Gasteiger partial charge in [-0.15, -0.1) is 0 Å². The van der Waals surface area contributed by atoms with Crippen LogP contribution in [0.5, 0.6) is 5.75 Å². The van der Waals surface area contributed by atoms with Crippen molar-refractivity contribution in [3.63, 3.8) is 0 Å². The molecule has 0 aliphatic rings. The smallest absolute Gasteiger partial charge is 0.124 e. The first kappa shape index (κ1) is 14.7. The first-order chi connectivity index (χ1) is 8.67. The molecule has 1 aromatic carbocycles. The van der Waals surface area contributed by atoms with Crippen molar-refractivity contribution in [3.8, 4) is 5.75 Å². The molecular weight excluding hydrogens is 226 g/mol. The van der Waals surface area contributed by atoms with Gasteiger partial charge in [0.1, 0.15) is 12.4 Å². The highest BCUT2D eigenvalue weighted by molar-refractivity contribution is 5.33. The lowest BCUT2D eigenvalue weighted by atomic mass is 10.1. The maximum Gasteiger partial charge on any atom is 0.124 e. The predicted octanol–water partition coefficient (Wildman–Crippen LogP) is 2.50. The molecule has 100 valence electrons. The van der Waals surface area contributed by atoms with Crippen LogP contribution in [0.2, 0.25) is 0 Å². The van der Waals surface area contributed by atoms with Crippen LogP contribution >= 0.6 is 0 Å². The molecule has 1 atom stereocenters. The molecule has 18 heavy (non-hydrogen) atoms. The Labute approximate surface area is 109 Å². The topological polar surface area (TPSA) is 41.5 Å². The van der Waals surface area contributed by atoms with Crippen molar-refractivity contribution < 1.29 is 9.84 Å². The molecule has 3 nitrogen and oxygen atoms in total. The SMILES string of the molecule is C=C(C)COc1ccccc1CNC(CC)CO. The Morgan fingerprint density at radius 3 is 2.78 bits per heavy atom. The van der Waals surface area contributed by atoms with Gasteiger partial charge in [0.15, 0.2) is 0 Å². The average Bonchev–Trinajstić information content (AvgIpc) is 2.38. The molecule has 1 unspecified atom stereocenters. The Kier molecular flexibility index (Phi) is 6.47. The molecule has 0 aromatic heterocycles. The van der Waals surface area contributed by atoms with Gasteiger partial charge in [0.2, 0.25) is 0 Å². The van der Waals surface area contributed by atoms with Gasteiger partial charge < -0.3 is 15.2 Å². The second-order valence-corrected chi connectivity index (χ2v) is 4.52. The summed E-state index contributed by atoms with van der Waals surface area (Å²) in [6.45, 7) is 9.22. The highest BCUT2D eigenvalue weighted by Crippen LogP contribution is 2.18. The van der Waals surface area contributed by atoms with Crippen LogP contribution in [0.4, 0.5) is 0 Å². The van der Waals surface area contributed by atoms with E-state index in [2.05, 4.69) is 18.8 Å². The van der Waals surface area contributed by atoms with Gasteiger partial charge in [-0.05, 0) is 25.0 Å². The van der Waals surface area contributed by atoms with Crippen LogP contribution in [0.1, 0.15) is 25.8 Å². The van der Waals surface area contributed by atoms with Crippen molar-refractivity contribution in [1.29, 1.82) is 0 Å². The van der Waals surface area contributed by atoms with Crippen molar-refractivity contribution >= 4 is 0 Å². The van der Waals surface area contributed by atoms with E-state index in [0.29, 0.717) is 13.2 Å². The Morgan fingerprint density at radius 2 is 2.17 bits per heavy atom. The molecule has 1 rings (SSSR count). The van der Waals surface area contributed by atoms with Crippen LogP contribution in [0.3, 0.4) is 0 Å². The third-order valence-corrected chi connectivity index (χ3v) is 2.74. The highest BCUT2D eigenvalue weighted by atomic mass is 16.5. The number of para-hydroxylation sites is 1. The number of hydrogen-bond acceptors (Lipinski definition) is 3. The number of aliphatic hydroxyl groups excluding tert-OH is 1.